The number of hydrazone groups is 1. The lowest BCUT2D eigenvalue weighted by Crippen LogP contribution is -2.42. The van der Waals surface area contributed by atoms with Gasteiger partial charge in [0.05, 0.1) is 0 Å². The Morgan fingerprint density at radius 2 is 1.71 bits per heavy atom. The van der Waals surface area contributed by atoms with Crippen molar-refractivity contribution in [2.75, 3.05) is 0 Å². The van der Waals surface area contributed by atoms with Gasteiger partial charge in [0.15, 0.2) is 6.04 Å². The van der Waals surface area contributed by atoms with Gasteiger partial charge in [-0.15, -0.1) is 10.1 Å². The van der Waals surface area contributed by atoms with Gasteiger partial charge in [0.2, 0.25) is 12.3 Å². The molecule has 0 spiro atoms. The zero-order valence-corrected chi connectivity index (χ0v) is 18.1. The van der Waals surface area contributed by atoms with Crippen molar-refractivity contribution in [2.45, 2.75) is 25.9 Å². The summed E-state index contributed by atoms with van der Waals surface area (Å²) in [6.07, 6.45) is 1.87. The number of benzene rings is 3. The van der Waals surface area contributed by atoms with Gasteiger partial charge in [-0.2, -0.15) is 0 Å². The number of rotatable bonds is 4. The number of carbonyl (C=O) groups excluding carboxylic acids is 2. The van der Waals surface area contributed by atoms with E-state index in [0.717, 1.165) is 22.3 Å². The first-order chi connectivity index (χ1) is 14.9. The Balaban J connectivity index is 1.70. The van der Waals surface area contributed by atoms with Crippen LogP contribution in [-0.4, -0.2) is 28.8 Å². The SMILES string of the molecule is Cc1ccc(/C=[N+]2\NC(=O)[C@@H](NC(=O)c3cccc(C)c3)[C@@H]2c2ccc(Cl)cc2)cc1. The van der Waals surface area contributed by atoms with E-state index < -0.39 is 12.1 Å². The molecule has 3 aromatic carbocycles. The summed E-state index contributed by atoms with van der Waals surface area (Å²) in [6, 6.07) is 21.4. The first-order valence-electron chi connectivity index (χ1n) is 10.0. The Morgan fingerprint density at radius 1 is 1.00 bits per heavy atom. The van der Waals surface area contributed by atoms with E-state index >= 15 is 0 Å². The number of aryl methyl sites for hydroxylation is 2. The smallest absolute Gasteiger partial charge is 0.304 e. The molecule has 0 aromatic heterocycles. The third-order valence-electron chi connectivity index (χ3n) is 5.28. The minimum atomic E-state index is -0.768. The van der Waals surface area contributed by atoms with Gasteiger partial charge in [0, 0.05) is 21.7 Å². The summed E-state index contributed by atoms with van der Waals surface area (Å²) in [5.74, 6) is -0.565. The summed E-state index contributed by atoms with van der Waals surface area (Å²) in [7, 11) is 0. The van der Waals surface area contributed by atoms with Crippen LogP contribution in [0.15, 0.2) is 72.8 Å². The second-order valence-electron chi connectivity index (χ2n) is 7.74. The van der Waals surface area contributed by atoms with Gasteiger partial charge in [-0.3, -0.25) is 9.59 Å². The van der Waals surface area contributed by atoms with Crippen molar-refractivity contribution in [1.29, 1.82) is 0 Å². The van der Waals surface area contributed by atoms with E-state index in [4.69, 9.17) is 11.6 Å². The Bertz CT molecular complexity index is 1150. The number of hydrazine groups is 1. The van der Waals surface area contributed by atoms with Crippen LogP contribution in [0.5, 0.6) is 0 Å². The predicted octanol–water partition coefficient (Wildman–Crippen LogP) is 3.97. The maximum absolute atomic E-state index is 12.9. The fraction of sp³-hybridized carbons (Fsp3) is 0.160. The Kier molecular flexibility index (Phi) is 5.87. The monoisotopic (exact) mass is 432 g/mol. The first kappa shape index (κ1) is 20.8. The van der Waals surface area contributed by atoms with Gasteiger partial charge in [0.25, 0.3) is 5.91 Å². The van der Waals surface area contributed by atoms with E-state index in [2.05, 4.69) is 10.7 Å². The number of hydrogen-bond donors (Lipinski definition) is 2. The lowest BCUT2D eigenvalue weighted by atomic mass is 9.99. The van der Waals surface area contributed by atoms with Crippen LogP contribution in [0, 0.1) is 13.8 Å². The van der Waals surface area contributed by atoms with E-state index in [9.17, 15) is 9.59 Å². The van der Waals surface area contributed by atoms with Gasteiger partial charge < -0.3 is 5.32 Å². The number of hydrogen-bond acceptors (Lipinski definition) is 2. The summed E-state index contributed by atoms with van der Waals surface area (Å²) in [5.41, 5.74) is 7.34. The third kappa shape index (κ3) is 4.67. The van der Waals surface area contributed by atoms with Crippen LogP contribution in [0.4, 0.5) is 0 Å². The highest BCUT2D eigenvalue weighted by Gasteiger charge is 2.47. The van der Waals surface area contributed by atoms with Crippen LogP contribution in [0.3, 0.4) is 0 Å². The number of carbonyl (C=O) groups is 2. The molecule has 1 heterocycles. The normalized spacial score (nSPS) is 19.3. The number of halogens is 1. The average molecular weight is 433 g/mol. The molecular formula is C25H23ClN3O2+. The molecule has 0 radical (unpaired) electrons. The largest absolute Gasteiger partial charge is 0.334 e. The van der Waals surface area contributed by atoms with Crippen molar-refractivity contribution in [1.82, 2.24) is 10.7 Å². The first-order valence-corrected chi connectivity index (χ1v) is 10.4. The van der Waals surface area contributed by atoms with E-state index in [1.54, 1.807) is 28.9 Å². The second kappa shape index (κ2) is 8.74. The summed E-state index contributed by atoms with van der Waals surface area (Å²) in [6.45, 7) is 3.95. The lowest BCUT2D eigenvalue weighted by molar-refractivity contribution is -0.596. The second-order valence-corrected chi connectivity index (χ2v) is 8.18. The molecule has 1 fully saturated rings. The Morgan fingerprint density at radius 3 is 2.39 bits per heavy atom. The summed E-state index contributed by atoms with van der Waals surface area (Å²) in [4.78, 5) is 25.8. The molecule has 6 heteroatoms. The average Bonchev–Trinajstić information content (AvgIpc) is 3.05. The van der Waals surface area contributed by atoms with Crippen molar-refractivity contribution in [3.63, 3.8) is 0 Å². The molecule has 0 unspecified atom stereocenters. The van der Waals surface area contributed by atoms with Crippen LogP contribution in [0.2, 0.25) is 5.02 Å². The summed E-state index contributed by atoms with van der Waals surface area (Å²) < 4.78 is 1.75. The molecule has 1 aliphatic heterocycles. The highest BCUT2D eigenvalue weighted by Crippen LogP contribution is 2.27. The van der Waals surface area contributed by atoms with Gasteiger partial charge in [-0.05, 0) is 50.2 Å². The van der Waals surface area contributed by atoms with Crippen molar-refractivity contribution >= 4 is 29.6 Å². The van der Waals surface area contributed by atoms with E-state index in [0.29, 0.717) is 10.6 Å². The fourth-order valence-corrected chi connectivity index (χ4v) is 3.79. The molecular weight excluding hydrogens is 410 g/mol. The van der Waals surface area contributed by atoms with Crippen LogP contribution >= 0.6 is 11.6 Å². The molecule has 2 atom stereocenters. The van der Waals surface area contributed by atoms with Crippen LogP contribution in [0.25, 0.3) is 0 Å². The van der Waals surface area contributed by atoms with Gasteiger partial charge in [-0.1, -0.05) is 59.1 Å². The van der Waals surface area contributed by atoms with E-state index in [-0.39, 0.29) is 11.8 Å². The van der Waals surface area contributed by atoms with Crippen molar-refractivity contribution < 1.29 is 14.3 Å². The molecule has 31 heavy (non-hydrogen) atoms. The molecule has 4 rings (SSSR count). The minimum Gasteiger partial charge on any atom is -0.334 e. The highest BCUT2D eigenvalue weighted by molar-refractivity contribution is 6.30. The Labute approximate surface area is 186 Å². The van der Waals surface area contributed by atoms with Crippen molar-refractivity contribution in [2.24, 2.45) is 0 Å². The van der Waals surface area contributed by atoms with Gasteiger partial charge in [-0.25, -0.2) is 0 Å². The van der Waals surface area contributed by atoms with Gasteiger partial charge >= 0.3 is 5.91 Å². The molecule has 0 aliphatic carbocycles. The zero-order valence-electron chi connectivity index (χ0n) is 17.3. The van der Waals surface area contributed by atoms with Gasteiger partial charge in [0.1, 0.15) is 0 Å². The predicted molar refractivity (Wildman–Crippen MR) is 121 cm³/mol. The summed E-state index contributed by atoms with van der Waals surface area (Å²) >= 11 is 6.07. The molecule has 5 nitrogen and oxygen atoms in total. The molecule has 0 saturated carbocycles. The molecule has 156 valence electrons. The van der Waals surface area contributed by atoms with Crippen LogP contribution in [-0.2, 0) is 4.79 Å². The van der Waals surface area contributed by atoms with E-state index in [1.807, 2.05) is 68.6 Å². The molecule has 1 saturated heterocycles. The molecule has 3 aromatic rings. The minimum absolute atomic E-state index is 0.274. The van der Waals surface area contributed by atoms with Crippen LogP contribution < -0.4 is 10.7 Å². The third-order valence-corrected chi connectivity index (χ3v) is 5.53. The zero-order chi connectivity index (χ0) is 22.0. The number of nitrogens with zero attached hydrogens (tertiary/aromatic N) is 1. The molecule has 2 N–H and O–H groups in total. The molecule has 2 amide bonds. The van der Waals surface area contributed by atoms with E-state index in [1.165, 1.54) is 0 Å². The molecule has 1 aliphatic rings. The quantitative estimate of drug-likeness (QED) is 0.613. The number of amides is 2. The van der Waals surface area contributed by atoms with Crippen molar-refractivity contribution in [3.05, 3.63) is 106 Å². The fourth-order valence-electron chi connectivity index (χ4n) is 3.66. The Hall–Kier alpha value is -3.44. The number of nitrogens with one attached hydrogen (secondary N) is 2. The maximum atomic E-state index is 12.9. The molecule has 0 bridgehead atoms. The standard InChI is InChI=1S/C25H22ClN3O2/c1-16-6-8-18(9-7-16)15-29-23(19-10-12-21(26)13-11-19)22(25(31)28-29)27-24(30)20-5-3-4-17(2)14-20/h3-15,22-23H,1-2H3,(H-,27,28,30,31)/p+1/b29-15-/t22-,23-/m0/s1. The van der Waals surface area contributed by atoms with Crippen molar-refractivity contribution in [3.8, 4) is 0 Å². The topological polar surface area (TPSA) is 61.2 Å². The maximum Gasteiger partial charge on any atom is 0.304 e. The lowest BCUT2D eigenvalue weighted by Gasteiger charge is -2.15. The highest BCUT2D eigenvalue weighted by atomic mass is 35.5. The summed E-state index contributed by atoms with van der Waals surface area (Å²) in [5, 5.41) is 3.52. The van der Waals surface area contributed by atoms with Crippen LogP contribution in [0.1, 0.15) is 38.7 Å².